The molecule has 1 fully saturated rings. The third-order valence-corrected chi connectivity index (χ3v) is 3.84. The Morgan fingerprint density at radius 2 is 2.04 bits per heavy atom. The van der Waals surface area contributed by atoms with Gasteiger partial charge in [-0.15, -0.1) is 0 Å². The lowest BCUT2D eigenvalue weighted by Crippen LogP contribution is -2.32. The maximum Gasteiger partial charge on any atom is 0.325 e. The lowest BCUT2D eigenvalue weighted by molar-refractivity contribution is -0.138. The van der Waals surface area contributed by atoms with Crippen LogP contribution >= 0.6 is 0 Å². The van der Waals surface area contributed by atoms with Crippen LogP contribution in [0.25, 0.3) is 0 Å². The lowest BCUT2D eigenvalue weighted by Gasteiger charge is -2.07. The Bertz CT molecular complexity index is 845. The Morgan fingerprint density at radius 1 is 1.31 bits per heavy atom. The van der Waals surface area contributed by atoms with Gasteiger partial charge in [-0.3, -0.25) is 14.9 Å². The van der Waals surface area contributed by atoms with E-state index < -0.39 is 23.9 Å². The quantitative estimate of drug-likeness (QED) is 0.578. The van der Waals surface area contributed by atoms with Crippen molar-refractivity contribution >= 4 is 17.9 Å². The molecule has 2 heterocycles. The van der Waals surface area contributed by atoms with Crippen molar-refractivity contribution in [1.29, 1.82) is 0 Å². The number of carboxylic acids is 1. The molecule has 0 bridgehead atoms. The largest absolute Gasteiger partial charge is 0.497 e. The molecule has 0 unspecified atom stereocenters. The minimum atomic E-state index is -1.08. The second-order valence-electron chi connectivity index (χ2n) is 5.74. The number of benzene rings is 1. The van der Waals surface area contributed by atoms with E-state index in [9.17, 15) is 14.4 Å². The van der Waals surface area contributed by atoms with Gasteiger partial charge in [-0.2, -0.15) is 5.10 Å². The number of imide groups is 1. The van der Waals surface area contributed by atoms with Crippen molar-refractivity contribution < 1.29 is 24.2 Å². The van der Waals surface area contributed by atoms with Crippen molar-refractivity contribution in [3.05, 3.63) is 41.5 Å². The Balaban J connectivity index is 1.80. The van der Waals surface area contributed by atoms with Crippen molar-refractivity contribution in [2.75, 3.05) is 7.11 Å². The second kappa shape index (κ2) is 7.21. The van der Waals surface area contributed by atoms with Crippen molar-refractivity contribution in [3.63, 3.8) is 0 Å². The number of aromatic nitrogens is 3. The number of rotatable bonds is 7. The fraction of sp³-hybridized carbons (Fsp3) is 0.312. The van der Waals surface area contributed by atoms with Gasteiger partial charge in [-0.05, 0) is 17.7 Å². The van der Waals surface area contributed by atoms with E-state index in [0.29, 0.717) is 18.1 Å². The summed E-state index contributed by atoms with van der Waals surface area (Å²) in [5.41, 5.74) is 0.928. The molecular weight excluding hydrogens is 342 g/mol. The molecule has 0 aliphatic carbocycles. The van der Waals surface area contributed by atoms with Gasteiger partial charge < -0.3 is 15.2 Å². The zero-order valence-corrected chi connectivity index (χ0v) is 13.9. The molecule has 0 saturated carbocycles. The Kier molecular flexibility index (Phi) is 4.83. The summed E-state index contributed by atoms with van der Waals surface area (Å²) in [6, 6.07) is 5.96. The summed E-state index contributed by atoms with van der Waals surface area (Å²) in [4.78, 5) is 38.3. The van der Waals surface area contributed by atoms with Crippen LogP contribution in [0.5, 0.6) is 5.75 Å². The standard InChI is InChI=1S/C16H17N5O5/c1-26-10-4-2-9(3-5-10)6-12-18-13(21(20-12)8-14(22)23)7-11-15(24)19-16(25)17-11/h2-5,11H,6-8H2,1H3,(H,22,23)(H2,17,19,24,25)/t11-/m1/s1. The fourth-order valence-corrected chi connectivity index (χ4v) is 2.62. The van der Waals surface area contributed by atoms with Gasteiger partial charge in [0.25, 0.3) is 5.91 Å². The van der Waals surface area contributed by atoms with Crippen LogP contribution in [0, 0.1) is 0 Å². The number of aliphatic carboxylic acids is 1. The van der Waals surface area contributed by atoms with Gasteiger partial charge in [0, 0.05) is 12.8 Å². The first kappa shape index (κ1) is 17.4. The van der Waals surface area contributed by atoms with Crippen LogP contribution in [0.4, 0.5) is 4.79 Å². The molecule has 0 radical (unpaired) electrons. The van der Waals surface area contributed by atoms with Gasteiger partial charge in [0.15, 0.2) is 5.82 Å². The molecule has 2 aromatic rings. The Morgan fingerprint density at radius 3 is 2.62 bits per heavy atom. The van der Waals surface area contributed by atoms with Crippen LogP contribution in [-0.4, -0.2) is 50.9 Å². The molecule has 3 amide bonds. The lowest BCUT2D eigenvalue weighted by atomic mass is 10.1. The van der Waals surface area contributed by atoms with E-state index in [-0.39, 0.29) is 13.0 Å². The molecular formula is C16H17N5O5. The van der Waals surface area contributed by atoms with Crippen molar-refractivity contribution in [2.45, 2.75) is 25.4 Å². The summed E-state index contributed by atoms with van der Waals surface area (Å²) in [5.74, 6) is -0.0835. The Hall–Kier alpha value is -3.43. The zero-order chi connectivity index (χ0) is 18.7. The van der Waals surface area contributed by atoms with Crippen LogP contribution in [0.2, 0.25) is 0 Å². The van der Waals surface area contributed by atoms with Crippen molar-refractivity contribution in [3.8, 4) is 5.75 Å². The summed E-state index contributed by atoms with van der Waals surface area (Å²) in [6.07, 6.45) is 0.452. The summed E-state index contributed by atoms with van der Waals surface area (Å²) in [5, 5.41) is 17.9. The SMILES string of the molecule is COc1ccc(Cc2nc(C[C@H]3NC(=O)NC3=O)n(CC(=O)O)n2)cc1. The third-order valence-electron chi connectivity index (χ3n) is 3.84. The number of carbonyl (C=O) groups excluding carboxylic acids is 2. The number of methoxy groups -OCH3 is 1. The summed E-state index contributed by atoms with van der Waals surface area (Å²) >= 11 is 0. The van der Waals surface area contributed by atoms with Gasteiger partial charge in [-0.25, -0.2) is 14.5 Å². The molecule has 1 aromatic heterocycles. The molecule has 10 nitrogen and oxygen atoms in total. The molecule has 3 rings (SSSR count). The van der Waals surface area contributed by atoms with Crippen LogP contribution in [0.3, 0.4) is 0 Å². The molecule has 1 atom stereocenters. The highest BCUT2D eigenvalue weighted by Crippen LogP contribution is 2.14. The Labute approximate surface area is 148 Å². The maximum atomic E-state index is 11.7. The highest BCUT2D eigenvalue weighted by atomic mass is 16.5. The summed E-state index contributed by atoms with van der Waals surface area (Å²) in [7, 11) is 1.58. The number of urea groups is 1. The highest BCUT2D eigenvalue weighted by molar-refractivity contribution is 6.04. The number of ether oxygens (including phenoxy) is 1. The molecule has 136 valence electrons. The molecule has 0 spiro atoms. The van der Waals surface area contributed by atoms with Gasteiger partial charge in [0.05, 0.1) is 7.11 Å². The highest BCUT2D eigenvalue weighted by Gasteiger charge is 2.31. The summed E-state index contributed by atoms with van der Waals surface area (Å²) < 4.78 is 6.34. The molecule has 10 heteroatoms. The van der Waals surface area contributed by atoms with Gasteiger partial charge in [-0.1, -0.05) is 12.1 Å². The first-order chi connectivity index (χ1) is 12.4. The van der Waals surface area contributed by atoms with Crippen LogP contribution in [0.15, 0.2) is 24.3 Å². The predicted octanol–water partition coefficient (Wildman–Crippen LogP) is -0.287. The molecule has 1 aromatic carbocycles. The van der Waals surface area contributed by atoms with Crippen LogP contribution in [-0.2, 0) is 29.0 Å². The topological polar surface area (TPSA) is 135 Å². The molecule has 3 N–H and O–H groups in total. The van der Waals surface area contributed by atoms with Crippen molar-refractivity contribution in [1.82, 2.24) is 25.4 Å². The molecule has 1 saturated heterocycles. The first-order valence-corrected chi connectivity index (χ1v) is 7.83. The van der Waals surface area contributed by atoms with E-state index in [4.69, 9.17) is 9.84 Å². The minimum Gasteiger partial charge on any atom is -0.497 e. The van der Waals surface area contributed by atoms with Crippen LogP contribution in [0.1, 0.15) is 17.2 Å². The minimum absolute atomic E-state index is 0.0560. The maximum absolute atomic E-state index is 11.7. The van der Waals surface area contributed by atoms with Crippen LogP contribution < -0.4 is 15.4 Å². The van der Waals surface area contributed by atoms with Crippen molar-refractivity contribution in [2.24, 2.45) is 0 Å². The van der Waals surface area contributed by atoms with E-state index in [1.165, 1.54) is 4.68 Å². The fourth-order valence-electron chi connectivity index (χ4n) is 2.62. The average Bonchev–Trinajstić information content (AvgIpc) is 3.10. The van der Waals surface area contributed by atoms with Gasteiger partial charge >= 0.3 is 12.0 Å². The van der Waals surface area contributed by atoms with E-state index in [0.717, 1.165) is 11.3 Å². The molecule has 26 heavy (non-hydrogen) atoms. The number of nitrogens with zero attached hydrogens (tertiary/aromatic N) is 3. The number of carbonyl (C=O) groups is 3. The number of hydrogen-bond donors (Lipinski definition) is 3. The van der Waals surface area contributed by atoms with Gasteiger partial charge in [0.1, 0.15) is 24.2 Å². The van der Waals surface area contributed by atoms with E-state index >= 15 is 0 Å². The molecule has 1 aliphatic rings. The normalized spacial score (nSPS) is 16.3. The van der Waals surface area contributed by atoms with E-state index in [1.807, 2.05) is 24.3 Å². The molecule has 1 aliphatic heterocycles. The van der Waals surface area contributed by atoms with E-state index in [2.05, 4.69) is 20.7 Å². The smallest absolute Gasteiger partial charge is 0.325 e. The number of nitrogens with one attached hydrogen (secondary N) is 2. The number of carboxylic acid groups (broad SMARTS) is 1. The predicted molar refractivity (Wildman–Crippen MR) is 87.6 cm³/mol. The first-order valence-electron chi connectivity index (χ1n) is 7.83. The summed E-state index contributed by atoms with van der Waals surface area (Å²) in [6.45, 7) is -0.382. The third kappa shape index (κ3) is 3.97. The second-order valence-corrected chi connectivity index (χ2v) is 5.74. The van der Waals surface area contributed by atoms with E-state index in [1.54, 1.807) is 7.11 Å². The van der Waals surface area contributed by atoms with Gasteiger partial charge in [0.2, 0.25) is 0 Å². The average molecular weight is 359 g/mol. The number of hydrogen-bond acceptors (Lipinski definition) is 6. The number of amides is 3. The monoisotopic (exact) mass is 359 g/mol. The zero-order valence-electron chi connectivity index (χ0n) is 13.9.